The molecular weight excluding hydrogens is 126 g/mol. The van der Waals surface area contributed by atoms with Crippen LogP contribution < -0.4 is 5.32 Å². The molecule has 0 bridgehead atoms. The fraction of sp³-hybridized carbons (Fsp3) is 0.875. The van der Waals surface area contributed by atoms with Gasteiger partial charge in [-0.3, -0.25) is 0 Å². The van der Waals surface area contributed by atoms with Crippen molar-refractivity contribution in [3.8, 4) is 0 Å². The number of rotatable bonds is 2. The van der Waals surface area contributed by atoms with E-state index in [4.69, 9.17) is 0 Å². The summed E-state index contributed by atoms with van der Waals surface area (Å²) in [5.41, 5.74) is 0. The Bertz CT molecular complexity index is 114. The van der Waals surface area contributed by atoms with Crippen LogP contribution in [0.2, 0.25) is 0 Å². The third-order valence-corrected chi connectivity index (χ3v) is 2.36. The molecule has 0 aliphatic heterocycles. The van der Waals surface area contributed by atoms with Gasteiger partial charge >= 0.3 is 0 Å². The Labute approximate surface area is 62.0 Å². The molecule has 0 heterocycles. The summed E-state index contributed by atoms with van der Waals surface area (Å²) in [6.07, 6.45) is 5.84. The maximum Gasteiger partial charge on any atom is 0.124 e. The van der Waals surface area contributed by atoms with Gasteiger partial charge in [0.1, 0.15) is 6.29 Å². The molecule has 0 radical (unpaired) electrons. The minimum Gasteiger partial charge on any atom is -0.316 e. The molecule has 0 unspecified atom stereocenters. The van der Waals surface area contributed by atoms with Gasteiger partial charge in [0.2, 0.25) is 0 Å². The molecule has 2 atom stereocenters. The molecule has 0 aromatic carbocycles. The molecule has 2 nitrogen and oxygen atoms in total. The van der Waals surface area contributed by atoms with Gasteiger partial charge in [0.25, 0.3) is 0 Å². The smallest absolute Gasteiger partial charge is 0.124 e. The van der Waals surface area contributed by atoms with Gasteiger partial charge in [-0.15, -0.1) is 0 Å². The summed E-state index contributed by atoms with van der Waals surface area (Å²) in [7, 11) is 1.94. The maximum atomic E-state index is 10.5. The van der Waals surface area contributed by atoms with E-state index < -0.39 is 0 Å². The van der Waals surface area contributed by atoms with Crippen molar-refractivity contribution in [2.24, 2.45) is 5.92 Å². The summed E-state index contributed by atoms with van der Waals surface area (Å²) < 4.78 is 0. The van der Waals surface area contributed by atoms with E-state index in [2.05, 4.69) is 5.32 Å². The van der Waals surface area contributed by atoms with Gasteiger partial charge in [-0.05, 0) is 19.9 Å². The molecule has 2 heteroatoms. The SMILES string of the molecule is CN[C@H]1CCCC[C@@H]1C=O. The second-order valence-corrected chi connectivity index (χ2v) is 2.98. The fourth-order valence-corrected chi connectivity index (χ4v) is 1.68. The third kappa shape index (κ3) is 1.57. The predicted molar refractivity (Wildman–Crippen MR) is 40.9 cm³/mol. The highest BCUT2D eigenvalue weighted by Crippen LogP contribution is 2.21. The zero-order valence-electron chi connectivity index (χ0n) is 6.47. The molecule has 0 aromatic rings. The Morgan fingerprint density at radius 2 is 2.10 bits per heavy atom. The van der Waals surface area contributed by atoms with Crippen molar-refractivity contribution in [3.63, 3.8) is 0 Å². The van der Waals surface area contributed by atoms with Crippen molar-refractivity contribution in [2.75, 3.05) is 7.05 Å². The summed E-state index contributed by atoms with van der Waals surface area (Å²) in [6, 6.07) is 0.450. The lowest BCUT2D eigenvalue weighted by atomic mass is 9.86. The lowest BCUT2D eigenvalue weighted by Gasteiger charge is -2.26. The van der Waals surface area contributed by atoms with Gasteiger partial charge < -0.3 is 10.1 Å². The minimum atomic E-state index is 0.277. The van der Waals surface area contributed by atoms with Crippen molar-refractivity contribution in [1.82, 2.24) is 5.32 Å². The van der Waals surface area contributed by atoms with Crippen LogP contribution in [0.15, 0.2) is 0 Å². The molecule has 1 N–H and O–H groups in total. The van der Waals surface area contributed by atoms with Crippen LogP contribution in [0.3, 0.4) is 0 Å². The van der Waals surface area contributed by atoms with Gasteiger partial charge in [0, 0.05) is 12.0 Å². The van der Waals surface area contributed by atoms with Crippen LogP contribution in [-0.4, -0.2) is 19.4 Å². The standard InChI is InChI=1S/C8H15NO/c1-9-8-5-3-2-4-7(8)6-10/h6-9H,2-5H2,1H3/t7-,8+/m1/s1. The van der Waals surface area contributed by atoms with E-state index in [1.807, 2.05) is 7.05 Å². The summed E-state index contributed by atoms with van der Waals surface area (Å²) in [4.78, 5) is 10.5. The van der Waals surface area contributed by atoms with Crippen LogP contribution in [0, 0.1) is 5.92 Å². The Morgan fingerprint density at radius 1 is 1.40 bits per heavy atom. The quantitative estimate of drug-likeness (QED) is 0.580. The van der Waals surface area contributed by atoms with Gasteiger partial charge in [-0.1, -0.05) is 12.8 Å². The first kappa shape index (κ1) is 7.73. The van der Waals surface area contributed by atoms with Crippen molar-refractivity contribution < 1.29 is 4.79 Å². The summed E-state index contributed by atoms with van der Waals surface area (Å²) in [5, 5.41) is 3.17. The molecule has 58 valence electrons. The summed E-state index contributed by atoms with van der Waals surface area (Å²) in [6.45, 7) is 0. The van der Waals surface area contributed by atoms with Gasteiger partial charge in [-0.2, -0.15) is 0 Å². The molecule has 0 spiro atoms. The maximum absolute atomic E-state index is 10.5. The largest absolute Gasteiger partial charge is 0.316 e. The van der Waals surface area contributed by atoms with Gasteiger partial charge in [0.15, 0.2) is 0 Å². The molecule has 1 aliphatic carbocycles. The van der Waals surface area contributed by atoms with Gasteiger partial charge in [-0.25, -0.2) is 0 Å². The van der Waals surface area contributed by atoms with Gasteiger partial charge in [0.05, 0.1) is 0 Å². The van der Waals surface area contributed by atoms with Crippen LogP contribution in [0.4, 0.5) is 0 Å². The zero-order chi connectivity index (χ0) is 7.40. The van der Waals surface area contributed by atoms with E-state index in [0.717, 1.165) is 12.7 Å². The summed E-state index contributed by atoms with van der Waals surface area (Å²) in [5.74, 6) is 0.277. The Kier molecular flexibility index (Phi) is 2.87. The second kappa shape index (κ2) is 3.71. The number of carbonyl (C=O) groups excluding carboxylic acids is 1. The van der Waals surface area contributed by atoms with E-state index in [-0.39, 0.29) is 5.92 Å². The molecular formula is C8H15NO. The highest BCUT2D eigenvalue weighted by molar-refractivity contribution is 5.54. The average Bonchev–Trinajstić information content (AvgIpc) is 2.04. The van der Waals surface area contributed by atoms with E-state index >= 15 is 0 Å². The molecule has 1 saturated carbocycles. The Hall–Kier alpha value is -0.370. The molecule has 10 heavy (non-hydrogen) atoms. The second-order valence-electron chi connectivity index (χ2n) is 2.98. The molecule has 0 amide bonds. The zero-order valence-corrected chi connectivity index (χ0v) is 6.47. The fourth-order valence-electron chi connectivity index (χ4n) is 1.68. The first-order valence-electron chi connectivity index (χ1n) is 4.01. The lowest BCUT2D eigenvalue weighted by molar-refractivity contribution is -0.112. The highest BCUT2D eigenvalue weighted by atomic mass is 16.1. The van der Waals surface area contributed by atoms with Crippen LogP contribution in [0.5, 0.6) is 0 Å². The van der Waals surface area contributed by atoms with Crippen LogP contribution in [0.25, 0.3) is 0 Å². The number of aldehydes is 1. The highest BCUT2D eigenvalue weighted by Gasteiger charge is 2.22. The molecule has 1 rings (SSSR count). The Balaban J connectivity index is 2.41. The number of nitrogens with one attached hydrogen (secondary N) is 1. The molecule has 0 saturated heterocycles. The number of hydrogen-bond acceptors (Lipinski definition) is 2. The van der Waals surface area contributed by atoms with Crippen molar-refractivity contribution >= 4 is 6.29 Å². The first-order valence-corrected chi connectivity index (χ1v) is 4.01. The summed E-state index contributed by atoms with van der Waals surface area (Å²) >= 11 is 0. The predicted octanol–water partition coefficient (Wildman–Crippen LogP) is 0.963. The molecule has 1 aliphatic rings. The third-order valence-electron chi connectivity index (χ3n) is 2.36. The van der Waals surface area contributed by atoms with Crippen LogP contribution in [-0.2, 0) is 4.79 Å². The normalized spacial score (nSPS) is 33.7. The van der Waals surface area contributed by atoms with Crippen LogP contribution >= 0.6 is 0 Å². The Morgan fingerprint density at radius 3 is 2.60 bits per heavy atom. The van der Waals surface area contributed by atoms with E-state index in [9.17, 15) is 4.79 Å². The first-order chi connectivity index (χ1) is 4.88. The van der Waals surface area contributed by atoms with E-state index in [0.29, 0.717) is 6.04 Å². The lowest BCUT2D eigenvalue weighted by Crippen LogP contribution is -2.36. The van der Waals surface area contributed by atoms with E-state index in [1.165, 1.54) is 19.3 Å². The van der Waals surface area contributed by atoms with E-state index in [1.54, 1.807) is 0 Å². The average molecular weight is 141 g/mol. The van der Waals surface area contributed by atoms with Crippen molar-refractivity contribution in [3.05, 3.63) is 0 Å². The van der Waals surface area contributed by atoms with Crippen LogP contribution in [0.1, 0.15) is 25.7 Å². The number of carbonyl (C=O) groups is 1. The monoisotopic (exact) mass is 141 g/mol. The van der Waals surface area contributed by atoms with Crippen molar-refractivity contribution in [1.29, 1.82) is 0 Å². The molecule has 1 fully saturated rings. The topological polar surface area (TPSA) is 29.1 Å². The number of hydrogen-bond donors (Lipinski definition) is 1. The molecule has 0 aromatic heterocycles. The minimum absolute atomic E-state index is 0.277. The van der Waals surface area contributed by atoms with Crippen molar-refractivity contribution in [2.45, 2.75) is 31.7 Å².